The normalized spacial score (nSPS) is 21.6. The zero-order valence-electron chi connectivity index (χ0n) is 7.65. The van der Waals surface area contributed by atoms with Crippen molar-refractivity contribution in [1.82, 2.24) is 4.98 Å². The highest BCUT2D eigenvalue weighted by molar-refractivity contribution is 5.62. The highest BCUT2D eigenvalue weighted by Crippen LogP contribution is 2.24. The number of halogens is 1. The van der Waals surface area contributed by atoms with Gasteiger partial charge in [-0.05, 0) is 6.42 Å². The predicted molar refractivity (Wildman–Crippen MR) is 51.4 cm³/mol. The molecule has 0 aliphatic carbocycles. The fourth-order valence-corrected chi connectivity index (χ4v) is 1.65. The average Bonchev–Trinajstić information content (AvgIpc) is 2.51. The molecule has 0 bridgehead atoms. The van der Waals surface area contributed by atoms with Crippen LogP contribution in [0.3, 0.4) is 0 Å². The summed E-state index contributed by atoms with van der Waals surface area (Å²) in [6.07, 6.45) is 1.51. The summed E-state index contributed by atoms with van der Waals surface area (Å²) in [7, 11) is 0. The number of pyridine rings is 1. The van der Waals surface area contributed by atoms with Gasteiger partial charge in [0.1, 0.15) is 5.82 Å². The molecule has 14 heavy (non-hydrogen) atoms. The Morgan fingerprint density at radius 3 is 3.00 bits per heavy atom. The number of nitrogen functional groups attached to an aromatic ring is 1. The molecule has 0 radical (unpaired) electrons. The second-order valence-electron chi connectivity index (χ2n) is 3.45. The maximum Gasteiger partial charge on any atom is 0.152 e. The number of hydrogen-bond donors (Lipinski definition) is 2. The summed E-state index contributed by atoms with van der Waals surface area (Å²) >= 11 is 0. The largest absolute Gasteiger partial charge is 0.396 e. The van der Waals surface area contributed by atoms with E-state index in [1.165, 1.54) is 6.07 Å². The maximum absolute atomic E-state index is 12.7. The third-order valence-electron chi connectivity index (χ3n) is 2.32. The molecule has 0 spiro atoms. The fraction of sp³-hybridized carbons (Fsp3) is 0.444. The lowest BCUT2D eigenvalue weighted by Gasteiger charge is -2.17. The standard InChI is InChI=1S/C9H12FN3O/c10-6-3-8(11)9(12-4-6)13-2-1-7(14)5-13/h3-4,7,14H,1-2,5,11H2. The summed E-state index contributed by atoms with van der Waals surface area (Å²) in [6.45, 7) is 1.23. The zero-order chi connectivity index (χ0) is 10.1. The third-order valence-corrected chi connectivity index (χ3v) is 2.32. The molecule has 1 aromatic rings. The van der Waals surface area contributed by atoms with Crippen LogP contribution in [-0.4, -0.2) is 29.3 Å². The van der Waals surface area contributed by atoms with Crippen LogP contribution >= 0.6 is 0 Å². The second-order valence-corrected chi connectivity index (χ2v) is 3.45. The Bertz CT molecular complexity index is 345. The van der Waals surface area contributed by atoms with E-state index in [-0.39, 0.29) is 6.10 Å². The van der Waals surface area contributed by atoms with Crippen LogP contribution < -0.4 is 10.6 Å². The van der Waals surface area contributed by atoms with E-state index < -0.39 is 5.82 Å². The highest BCUT2D eigenvalue weighted by atomic mass is 19.1. The number of β-amino-alcohol motifs (C(OH)–C–C–N with tert-alkyl or cyclic N) is 1. The van der Waals surface area contributed by atoms with Crippen LogP contribution in [-0.2, 0) is 0 Å². The first kappa shape index (κ1) is 9.21. The Labute approximate surface area is 81.2 Å². The smallest absolute Gasteiger partial charge is 0.152 e. The Hall–Kier alpha value is -1.36. The Morgan fingerprint density at radius 2 is 2.43 bits per heavy atom. The summed E-state index contributed by atoms with van der Waals surface area (Å²) in [5.74, 6) is 0.119. The van der Waals surface area contributed by atoms with Crippen molar-refractivity contribution in [2.45, 2.75) is 12.5 Å². The molecular weight excluding hydrogens is 185 g/mol. The van der Waals surface area contributed by atoms with Gasteiger partial charge in [-0.2, -0.15) is 0 Å². The number of aliphatic hydroxyl groups is 1. The molecule has 1 saturated heterocycles. The van der Waals surface area contributed by atoms with Gasteiger partial charge in [-0.3, -0.25) is 0 Å². The minimum absolute atomic E-state index is 0.319. The molecule has 0 saturated carbocycles. The molecule has 0 aromatic carbocycles. The fourth-order valence-electron chi connectivity index (χ4n) is 1.65. The summed E-state index contributed by atoms with van der Waals surface area (Å²) in [5.41, 5.74) is 5.94. The van der Waals surface area contributed by atoms with Crippen LogP contribution in [0.4, 0.5) is 15.9 Å². The van der Waals surface area contributed by atoms with Gasteiger partial charge in [-0.15, -0.1) is 0 Å². The number of nitrogens with zero attached hydrogens (tertiary/aromatic N) is 2. The molecule has 1 fully saturated rings. The Kier molecular flexibility index (Phi) is 2.25. The van der Waals surface area contributed by atoms with Crippen LogP contribution in [0.1, 0.15) is 6.42 Å². The topological polar surface area (TPSA) is 62.4 Å². The van der Waals surface area contributed by atoms with E-state index in [2.05, 4.69) is 4.98 Å². The van der Waals surface area contributed by atoms with E-state index in [0.29, 0.717) is 31.0 Å². The first-order valence-corrected chi connectivity index (χ1v) is 4.51. The van der Waals surface area contributed by atoms with Crippen LogP contribution in [0.5, 0.6) is 0 Å². The predicted octanol–water partition coefficient (Wildman–Crippen LogP) is 0.374. The van der Waals surface area contributed by atoms with Gasteiger partial charge in [0, 0.05) is 19.2 Å². The van der Waals surface area contributed by atoms with Gasteiger partial charge in [0.2, 0.25) is 0 Å². The van der Waals surface area contributed by atoms with Gasteiger partial charge in [0.15, 0.2) is 5.82 Å². The molecule has 4 nitrogen and oxygen atoms in total. The van der Waals surface area contributed by atoms with E-state index in [1.807, 2.05) is 4.90 Å². The molecule has 1 aromatic heterocycles. The van der Waals surface area contributed by atoms with Crippen LogP contribution in [0.25, 0.3) is 0 Å². The molecule has 2 heterocycles. The number of nitrogens with two attached hydrogens (primary N) is 1. The van der Waals surface area contributed by atoms with Crippen molar-refractivity contribution in [2.75, 3.05) is 23.7 Å². The minimum atomic E-state index is -0.439. The van der Waals surface area contributed by atoms with Gasteiger partial charge in [-0.25, -0.2) is 9.37 Å². The van der Waals surface area contributed by atoms with Crippen molar-refractivity contribution in [3.8, 4) is 0 Å². The van der Waals surface area contributed by atoms with Crippen molar-refractivity contribution < 1.29 is 9.50 Å². The van der Waals surface area contributed by atoms with Gasteiger partial charge in [0.05, 0.1) is 18.0 Å². The lowest BCUT2D eigenvalue weighted by Crippen LogP contribution is -2.23. The van der Waals surface area contributed by atoms with Gasteiger partial charge >= 0.3 is 0 Å². The van der Waals surface area contributed by atoms with Crippen molar-refractivity contribution in [2.24, 2.45) is 0 Å². The number of rotatable bonds is 1. The minimum Gasteiger partial charge on any atom is -0.396 e. The summed E-state index contributed by atoms with van der Waals surface area (Å²) in [5, 5.41) is 9.32. The van der Waals surface area contributed by atoms with E-state index >= 15 is 0 Å². The van der Waals surface area contributed by atoms with E-state index in [1.54, 1.807) is 0 Å². The Balaban J connectivity index is 2.24. The Morgan fingerprint density at radius 1 is 1.64 bits per heavy atom. The van der Waals surface area contributed by atoms with Crippen molar-refractivity contribution in [3.63, 3.8) is 0 Å². The monoisotopic (exact) mass is 197 g/mol. The molecule has 3 N–H and O–H groups in total. The van der Waals surface area contributed by atoms with E-state index in [0.717, 1.165) is 6.20 Å². The lowest BCUT2D eigenvalue weighted by molar-refractivity contribution is 0.198. The average molecular weight is 197 g/mol. The van der Waals surface area contributed by atoms with Crippen LogP contribution in [0.2, 0.25) is 0 Å². The number of aromatic nitrogens is 1. The summed E-state index contributed by atoms with van der Waals surface area (Å²) in [4.78, 5) is 5.77. The van der Waals surface area contributed by atoms with Crippen molar-refractivity contribution in [1.29, 1.82) is 0 Å². The van der Waals surface area contributed by atoms with Crippen LogP contribution in [0.15, 0.2) is 12.3 Å². The van der Waals surface area contributed by atoms with E-state index in [4.69, 9.17) is 5.73 Å². The molecule has 5 heteroatoms. The van der Waals surface area contributed by atoms with Gasteiger partial charge in [0.25, 0.3) is 0 Å². The molecule has 1 aliphatic heterocycles. The lowest BCUT2D eigenvalue weighted by atomic mass is 10.3. The maximum atomic E-state index is 12.7. The number of aliphatic hydroxyl groups excluding tert-OH is 1. The first-order valence-electron chi connectivity index (χ1n) is 4.51. The molecule has 2 rings (SSSR count). The SMILES string of the molecule is Nc1cc(F)cnc1N1CCC(O)C1. The zero-order valence-corrected chi connectivity index (χ0v) is 7.65. The summed E-state index contributed by atoms with van der Waals surface area (Å²) < 4.78 is 12.7. The summed E-state index contributed by atoms with van der Waals surface area (Å²) in [6, 6.07) is 1.24. The van der Waals surface area contributed by atoms with E-state index in [9.17, 15) is 9.50 Å². The highest BCUT2D eigenvalue weighted by Gasteiger charge is 2.22. The molecular formula is C9H12FN3O. The molecule has 76 valence electrons. The van der Waals surface area contributed by atoms with Crippen molar-refractivity contribution >= 4 is 11.5 Å². The molecule has 1 unspecified atom stereocenters. The third kappa shape index (κ3) is 1.63. The number of hydrogen-bond acceptors (Lipinski definition) is 4. The number of anilines is 2. The molecule has 0 amide bonds. The molecule has 1 aliphatic rings. The quantitative estimate of drug-likeness (QED) is 0.683. The van der Waals surface area contributed by atoms with Crippen LogP contribution in [0, 0.1) is 5.82 Å². The van der Waals surface area contributed by atoms with Crippen molar-refractivity contribution in [3.05, 3.63) is 18.1 Å². The molecule has 1 atom stereocenters. The second kappa shape index (κ2) is 3.42. The van der Waals surface area contributed by atoms with Gasteiger partial charge < -0.3 is 15.7 Å². The first-order chi connectivity index (χ1) is 6.66. The van der Waals surface area contributed by atoms with Gasteiger partial charge in [-0.1, -0.05) is 0 Å².